The van der Waals surface area contributed by atoms with Gasteiger partial charge in [-0.1, -0.05) is 0 Å². The summed E-state index contributed by atoms with van der Waals surface area (Å²) in [6.07, 6.45) is -0.549. The smallest absolute Gasteiger partial charge is 0.235 e. The fourth-order valence-corrected chi connectivity index (χ4v) is 7.94. The number of carbonyl (C=O) groups is 5. The molecule has 1 heterocycles. The number of hydrogen-bond donors (Lipinski definition) is 4. The van der Waals surface area contributed by atoms with E-state index in [1.165, 1.54) is 36.4 Å². The molecule has 3 aliphatic rings. The first-order valence-electron chi connectivity index (χ1n) is 12.2. The number of fused-ring (bicyclic) bond motifs is 3. The van der Waals surface area contributed by atoms with E-state index in [0.29, 0.717) is 11.1 Å². The molecule has 1 aromatic carbocycles. The molecule has 0 bridgehead atoms. The van der Waals surface area contributed by atoms with Crippen LogP contribution in [0.25, 0.3) is 10.4 Å². The van der Waals surface area contributed by atoms with E-state index in [0.717, 1.165) is 9.75 Å². The van der Waals surface area contributed by atoms with Crippen LogP contribution in [0.2, 0.25) is 0 Å². The summed E-state index contributed by atoms with van der Waals surface area (Å²) in [6.45, 7) is 1.92. The maximum atomic E-state index is 14.3. The molecule has 2 unspecified atom stereocenters. The zero-order valence-corrected chi connectivity index (χ0v) is 22.3. The molecule has 6 atom stereocenters. The summed E-state index contributed by atoms with van der Waals surface area (Å²) in [5.41, 5.74) is 13.4. The van der Waals surface area contributed by atoms with E-state index in [9.17, 15) is 34.3 Å². The van der Waals surface area contributed by atoms with Crippen molar-refractivity contribution in [3.05, 3.63) is 40.3 Å². The number of primary amides is 1. The monoisotopic (exact) mass is 549 g/mol. The van der Waals surface area contributed by atoms with Crippen LogP contribution in [-0.4, -0.2) is 70.3 Å². The fourth-order valence-electron chi connectivity index (χ4n) is 7.02. The standard InChI is InChI=1S/C27H27N5O6S/c1-11-4-7-15(39-11)12-5-6-14(33)16-13(12)8-25(30)9-27(31)21(32(2)3)20(35)17(24(29)38)22(36)26(27,10-28)23(37)18(25)19(16)34/h4-7,17-18,21,33H,8-9,30-31H2,1-3H3,(H2,29,38)/t17?,18?,21-,25-,26+,27-/m1/s1. The van der Waals surface area contributed by atoms with Gasteiger partial charge >= 0.3 is 0 Å². The first-order valence-corrected chi connectivity index (χ1v) is 13.0. The number of amides is 1. The Kier molecular flexibility index (Phi) is 5.76. The number of nitrogens with zero attached hydrogens (tertiary/aromatic N) is 2. The van der Waals surface area contributed by atoms with Crippen molar-refractivity contribution in [3.8, 4) is 22.3 Å². The molecule has 0 aliphatic heterocycles. The first kappa shape index (κ1) is 26.8. The maximum absolute atomic E-state index is 14.3. The lowest BCUT2D eigenvalue weighted by Gasteiger charge is -2.60. The van der Waals surface area contributed by atoms with Crippen LogP contribution in [0.3, 0.4) is 0 Å². The lowest BCUT2D eigenvalue weighted by Crippen LogP contribution is -2.85. The van der Waals surface area contributed by atoms with Gasteiger partial charge in [-0.2, -0.15) is 5.26 Å². The van der Waals surface area contributed by atoms with Crippen molar-refractivity contribution in [1.82, 2.24) is 4.90 Å². The van der Waals surface area contributed by atoms with E-state index in [2.05, 4.69) is 0 Å². The largest absolute Gasteiger partial charge is 0.507 e. The molecule has 202 valence electrons. The number of rotatable bonds is 3. The maximum Gasteiger partial charge on any atom is 0.235 e. The first-order chi connectivity index (χ1) is 18.2. The number of nitriles is 1. The highest BCUT2D eigenvalue weighted by atomic mass is 32.1. The normalized spacial score (nSPS) is 33.8. The SMILES string of the molecule is Cc1ccc(-c2ccc(O)c3c2C[C@@]2(N)C[C@@]4(N)[C@H](N(C)C)C(=O)C(C(N)=O)C(=O)[C@@]4(C#N)C(=O)C2C3=O)s1. The predicted octanol–water partition coefficient (Wildman–Crippen LogP) is -0.155. The average molecular weight is 550 g/mol. The van der Waals surface area contributed by atoms with Crippen LogP contribution in [0.5, 0.6) is 5.75 Å². The number of likely N-dealkylation sites (N-methyl/N-ethyl adjacent to an activating group) is 1. The Morgan fingerprint density at radius 2 is 1.79 bits per heavy atom. The number of aryl methyl sites for hydroxylation is 1. The van der Waals surface area contributed by atoms with Crippen molar-refractivity contribution >= 4 is 40.4 Å². The van der Waals surface area contributed by atoms with Gasteiger partial charge in [0.1, 0.15) is 11.7 Å². The van der Waals surface area contributed by atoms with Crippen molar-refractivity contribution in [2.45, 2.75) is 36.9 Å². The number of thiophene rings is 1. The number of ketones is 4. The number of aromatic hydroxyl groups is 1. The highest BCUT2D eigenvalue weighted by Crippen LogP contribution is 2.57. The van der Waals surface area contributed by atoms with Gasteiger partial charge in [-0.05, 0) is 69.3 Å². The molecule has 7 N–H and O–H groups in total. The summed E-state index contributed by atoms with van der Waals surface area (Å²) in [6, 6.07) is 7.04. The third kappa shape index (κ3) is 3.21. The summed E-state index contributed by atoms with van der Waals surface area (Å²) in [4.78, 5) is 70.9. The summed E-state index contributed by atoms with van der Waals surface area (Å²) >= 11 is 1.47. The average Bonchev–Trinajstić information content (AvgIpc) is 3.23. The molecular weight excluding hydrogens is 522 g/mol. The minimum atomic E-state index is -2.76. The minimum Gasteiger partial charge on any atom is -0.507 e. The zero-order chi connectivity index (χ0) is 28.8. The summed E-state index contributed by atoms with van der Waals surface area (Å²) in [7, 11) is 2.92. The van der Waals surface area contributed by atoms with Crippen molar-refractivity contribution in [2.75, 3.05) is 14.1 Å². The van der Waals surface area contributed by atoms with Crippen LogP contribution in [0, 0.1) is 35.5 Å². The molecule has 12 heteroatoms. The number of hydrogen-bond acceptors (Lipinski definition) is 11. The van der Waals surface area contributed by atoms with Crippen LogP contribution < -0.4 is 17.2 Å². The highest BCUT2D eigenvalue weighted by molar-refractivity contribution is 7.15. The van der Waals surface area contributed by atoms with E-state index in [1.54, 1.807) is 12.1 Å². The number of benzene rings is 1. The van der Waals surface area contributed by atoms with Crippen molar-refractivity contribution in [2.24, 2.45) is 34.5 Å². The number of phenolic OH excluding ortho intramolecular Hbond substituents is 1. The topological polar surface area (TPSA) is 211 Å². The van der Waals surface area contributed by atoms with Crippen LogP contribution in [-0.2, 0) is 25.6 Å². The molecule has 39 heavy (non-hydrogen) atoms. The molecule has 2 saturated carbocycles. The van der Waals surface area contributed by atoms with E-state index in [4.69, 9.17) is 17.2 Å². The van der Waals surface area contributed by atoms with Gasteiger partial charge in [0, 0.05) is 15.3 Å². The molecular formula is C27H27N5O6S. The lowest BCUT2D eigenvalue weighted by atomic mass is 9.42. The summed E-state index contributed by atoms with van der Waals surface area (Å²) < 4.78 is 0. The Labute approximate surface area is 227 Å². The molecule has 1 aromatic heterocycles. The molecule has 0 saturated heterocycles. The Hall–Kier alpha value is -3.76. The number of carbonyl (C=O) groups excluding carboxylic acids is 5. The van der Waals surface area contributed by atoms with Crippen LogP contribution in [0.4, 0.5) is 0 Å². The van der Waals surface area contributed by atoms with E-state index < -0.39 is 69.8 Å². The van der Waals surface area contributed by atoms with Gasteiger partial charge < -0.3 is 22.3 Å². The number of phenols is 1. The highest BCUT2D eigenvalue weighted by Gasteiger charge is 2.78. The quantitative estimate of drug-likeness (QED) is 0.372. The van der Waals surface area contributed by atoms with Gasteiger partial charge in [0.2, 0.25) is 5.91 Å². The van der Waals surface area contributed by atoms with Crippen LogP contribution in [0.1, 0.15) is 27.2 Å². The molecule has 11 nitrogen and oxygen atoms in total. The Bertz CT molecular complexity index is 1560. The van der Waals surface area contributed by atoms with Crippen LogP contribution in [0.15, 0.2) is 24.3 Å². The molecule has 0 radical (unpaired) electrons. The summed E-state index contributed by atoms with van der Waals surface area (Å²) in [5.74, 6) is -9.85. The Morgan fingerprint density at radius 3 is 2.33 bits per heavy atom. The van der Waals surface area contributed by atoms with E-state index in [-0.39, 0.29) is 17.7 Å². The Morgan fingerprint density at radius 1 is 1.13 bits per heavy atom. The molecule has 0 spiro atoms. The summed E-state index contributed by atoms with van der Waals surface area (Å²) in [5, 5.41) is 21.2. The fraction of sp³-hybridized carbons (Fsp3) is 0.407. The van der Waals surface area contributed by atoms with Gasteiger partial charge in [-0.3, -0.25) is 28.9 Å². The lowest BCUT2D eigenvalue weighted by molar-refractivity contribution is -0.166. The van der Waals surface area contributed by atoms with E-state index >= 15 is 0 Å². The Balaban J connectivity index is 1.78. The minimum absolute atomic E-state index is 0.104. The zero-order valence-electron chi connectivity index (χ0n) is 21.5. The van der Waals surface area contributed by atoms with Crippen molar-refractivity contribution < 1.29 is 29.1 Å². The van der Waals surface area contributed by atoms with Crippen molar-refractivity contribution in [1.29, 1.82) is 5.26 Å². The van der Waals surface area contributed by atoms with Gasteiger partial charge in [0.25, 0.3) is 0 Å². The molecule has 3 aliphatic carbocycles. The molecule has 2 aromatic rings. The second kappa shape index (κ2) is 8.37. The van der Waals surface area contributed by atoms with Crippen LogP contribution >= 0.6 is 11.3 Å². The van der Waals surface area contributed by atoms with Gasteiger partial charge in [-0.15, -0.1) is 11.3 Å². The molecule has 5 rings (SSSR count). The third-order valence-electron chi connectivity index (χ3n) is 8.48. The van der Waals surface area contributed by atoms with Gasteiger partial charge in [0.05, 0.1) is 23.2 Å². The molecule has 2 fully saturated rings. The van der Waals surface area contributed by atoms with Gasteiger partial charge in [0.15, 0.2) is 34.5 Å². The number of Topliss-reactive ketones (excluding diaryl/α,β-unsaturated/α-hetero) is 4. The van der Waals surface area contributed by atoms with Crippen molar-refractivity contribution in [3.63, 3.8) is 0 Å². The van der Waals surface area contributed by atoms with Gasteiger partial charge in [-0.25, -0.2) is 0 Å². The second-order valence-electron chi connectivity index (χ2n) is 11.0. The molecule has 1 amide bonds. The predicted molar refractivity (Wildman–Crippen MR) is 139 cm³/mol. The van der Waals surface area contributed by atoms with E-state index in [1.807, 2.05) is 19.1 Å². The second-order valence-corrected chi connectivity index (χ2v) is 12.3. The number of nitrogens with two attached hydrogens (primary N) is 3. The third-order valence-corrected chi connectivity index (χ3v) is 9.51.